The quantitative estimate of drug-likeness (QED) is 0.518. The van der Waals surface area contributed by atoms with Crippen LogP contribution in [0.15, 0.2) is 30.9 Å². The maximum atomic E-state index is 12.6. The summed E-state index contributed by atoms with van der Waals surface area (Å²) in [5, 5.41) is 3.31. The normalized spacial score (nSPS) is 16.9. The molecule has 2 rings (SSSR count). The maximum Gasteiger partial charge on any atom is 0.573 e. The Morgan fingerprint density at radius 3 is 2.62 bits per heavy atom. The number of nitrogens with zero attached hydrogens (tertiary/aromatic N) is 1. The lowest BCUT2D eigenvalue weighted by molar-refractivity contribution is -0.274. The highest BCUT2D eigenvalue weighted by Crippen LogP contribution is 2.37. The van der Waals surface area contributed by atoms with Gasteiger partial charge >= 0.3 is 6.36 Å². The van der Waals surface area contributed by atoms with Gasteiger partial charge in [-0.15, -0.1) is 19.8 Å². The molecule has 1 atom stereocenters. The molecule has 0 aliphatic carbocycles. The number of alkyl halides is 3. The minimum Gasteiger partial charge on any atom is -0.496 e. The summed E-state index contributed by atoms with van der Waals surface area (Å²) < 4.78 is 47.4. The highest BCUT2D eigenvalue weighted by molar-refractivity contribution is 5.42. The Bertz CT molecular complexity index is 572. The summed E-state index contributed by atoms with van der Waals surface area (Å²) in [4.78, 5) is 2.31. The van der Waals surface area contributed by atoms with Crippen LogP contribution in [0.4, 0.5) is 13.2 Å². The number of halogens is 3. The Balaban J connectivity index is 2.27. The molecule has 26 heavy (non-hydrogen) atoms. The van der Waals surface area contributed by atoms with E-state index in [4.69, 9.17) is 4.74 Å². The molecule has 7 heteroatoms. The average molecular weight is 372 g/mol. The molecule has 0 spiro atoms. The lowest BCUT2D eigenvalue weighted by Crippen LogP contribution is -2.45. The van der Waals surface area contributed by atoms with Crippen LogP contribution in [0.3, 0.4) is 0 Å². The molecule has 1 aliphatic heterocycles. The largest absolute Gasteiger partial charge is 0.573 e. The van der Waals surface area contributed by atoms with E-state index in [1.165, 1.54) is 19.2 Å². The van der Waals surface area contributed by atoms with E-state index in [1.54, 1.807) is 6.07 Å². The number of hydrogen-bond acceptors (Lipinski definition) is 4. The van der Waals surface area contributed by atoms with E-state index in [2.05, 4.69) is 21.5 Å². The van der Waals surface area contributed by atoms with Gasteiger partial charge in [0.1, 0.15) is 11.5 Å². The minimum atomic E-state index is -4.71. The van der Waals surface area contributed by atoms with Crippen molar-refractivity contribution in [2.24, 2.45) is 0 Å². The van der Waals surface area contributed by atoms with E-state index < -0.39 is 6.36 Å². The van der Waals surface area contributed by atoms with Crippen LogP contribution in [0, 0.1) is 0 Å². The molecule has 1 fully saturated rings. The van der Waals surface area contributed by atoms with Crippen molar-refractivity contribution in [2.75, 3.05) is 33.3 Å². The van der Waals surface area contributed by atoms with E-state index >= 15 is 0 Å². The first-order chi connectivity index (χ1) is 12.4. The summed E-state index contributed by atoms with van der Waals surface area (Å²) in [6.07, 6.45) is 0.933. The topological polar surface area (TPSA) is 33.7 Å². The lowest BCUT2D eigenvalue weighted by atomic mass is 9.96. The number of piperazine rings is 1. The van der Waals surface area contributed by atoms with Gasteiger partial charge in [0, 0.05) is 37.8 Å². The van der Waals surface area contributed by atoms with Crippen LogP contribution >= 0.6 is 0 Å². The summed E-state index contributed by atoms with van der Waals surface area (Å²) in [6, 6.07) is 4.30. The Morgan fingerprint density at radius 2 is 2.00 bits per heavy atom. The van der Waals surface area contributed by atoms with Crippen molar-refractivity contribution < 1.29 is 22.6 Å². The zero-order valence-corrected chi connectivity index (χ0v) is 15.1. The second kappa shape index (κ2) is 9.83. The fourth-order valence-corrected chi connectivity index (χ4v) is 3.32. The van der Waals surface area contributed by atoms with Gasteiger partial charge in [-0.1, -0.05) is 12.5 Å². The third-order valence-electron chi connectivity index (χ3n) is 4.52. The first kappa shape index (κ1) is 20.6. The van der Waals surface area contributed by atoms with Crippen molar-refractivity contribution in [3.8, 4) is 11.5 Å². The van der Waals surface area contributed by atoms with Crippen LogP contribution in [0.5, 0.6) is 11.5 Å². The summed E-state index contributed by atoms with van der Waals surface area (Å²) >= 11 is 0. The second-order valence-electron chi connectivity index (χ2n) is 6.33. The highest BCUT2D eigenvalue weighted by atomic mass is 19.4. The molecule has 1 heterocycles. The van der Waals surface area contributed by atoms with Gasteiger partial charge in [0.2, 0.25) is 0 Å². The molecule has 0 unspecified atom stereocenters. The van der Waals surface area contributed by atoms with Gasteiger partial charge in [0.25, 0.3) is 0 Å². The Kier molecular flexibility index (Phi) is 7.78. The molecule has 1 saturated heterocycles. The summed E-state index contributed by atoms with van der Waals surface area (Å²) in [7, 11) is 1.54. The molecule has 0 radical (unpaired) electrons. The summed E-state index contributed by atoms with van der Waals surface area (Å²) in [5.74, 6) is 0.381. The average Bonchev–Trinajstić information content (AvgIpc) is 2.61. The number of ether oxygens (including phenoxy) is 2. The first-order valence-electron chi connectivity index (χ1n) is 8.94. The van der Waals surface area contributed by atoms with Gasteiger partial charge in [-0.25, -0.2) is 0 Å². The Labute approximate surface area is 153 Å². The van der Waals surface area contributed by atoms with Gasteiger partial charge in [0.15, 0.2) is 0 Å². The highest BCUT2D eigenvalue weighted by Gasteiger charge is 2.32. The number of nitrogens with one attached hydrogen (secondary N) is 1. The number of rotatable bonds is 9. The predicted octanol–water partition coefficient (Wildman–Crippen LogP) is 4.29. The van der Waals surface area contributed by atoms with Gasteiger partial charge in [-0.3, -0.25) is 4.90 Å². The number of methoxy groups -OCH3 is 1. The van der Waals surface area contributed by atoms with Crippen LogP contribution < -0.4 is 14.8 Å². The molecule has 0 amide bonds. The van der Waals surface area contributed by atoms with Crippen molar-refractivity contribution in [1.29, 1.82) is 0 Å². The van der Waals surface area contributed by atoms with Crippen LogP contribution in [0.25, 0.3) is 0 Å². The number of allylic oxidation sites excluding steroid dienone is 1. The summed E-state index contributed by atoms with van der Waals surface area (Å²) in [6.45, 7) is 7.16. The third-order valence-corrected chi connectivity index (χ3v) is 4.52. The summed E-state index contributed by atoms with van der Waals surface area (Å²) in [5.41, 5.74) is 0.745. The van der Waals surface area contributed by atoms with E-state index in [9.17, 15) is 13.2 Å². The molecule has 146 valence electrons. The van der Waals surface area contributed by atoms with E-state index in [0.29, 0.717) is 5.75 Å². The van der Waals surface area contributed by atoms with Gasteiger partial charge in [-0.05, 0) is 37.5 Å². The second-order valence-corrected chi connectivity index (χ2v) is 6.33. The molecule has 1 N–H and O–H groups in total. The van der Waals surface area contributed by atoms with Gasteiger partial charge in [-0.2, -0.15) is 0 Å². The van der Waals surface area contributed by atoms with Crippen molar-refractivity contribution in [2.45, 2.75) is 38.1 Å². The van der Waals surface area contributed by atoms with E-state index in [-0.39, 0.29) is 11.8 Å². The molecule has 0 saturated carbocycles. The molecule has 1 aliphatic rings. The molecular formula is C19H27F3N2O2. The van der Waals surface area contributed by atoms with Gasteiger partial charge < -0.3 is 14.8 Å². The van der Waals surface area contributed by atoms with E-state index in [0.717, 1.165) is 57.4 Å². The molecular weight excluding hydrogens is 345 g/mol. The molecule has 4 nitrogen and oxygen atoms in total. The first-order valence-corrected chi connectivity index (χ1v) is 8.94. The zero-order chi connectivity index (χ0) is 19.0. The fourth-order valence-electron chi connectivity index (χ4n) is 3.32. The van der Waals surface area contributed by atoms with Crippen LogP contribution in [-0.4, -0.2) is 44.6 Å². The van der Waals surface area contributed by atoms with Crippen LogP contribution in [0.1, 0.15) is 37.3 Å². The smallest absolute Gasteiger partial charge is 0.496 e. The molecule has 1 aromatic carbocycles. The van der Waals surface area contributed by atoms with E-state index in [1.807, 2.05) is 6.08 Å². The van der Waals surface area contributed by atoms with Gasteiger partial charge in [0.05, 0.1) is 7.11 Å². The predicted molar refractivity (Wildman–Crippen MR) is 95.5 cm³/mol. The standard InChI is InChI=1S/C19H27F3N2O2/c1-3-4-5-6-7-17(24-12-10-23-11-13-24)16-14-15(26-19(20,21)22)8-9-18(16)25-2/h3,8-9,14,17,23H,1,4-7,10-13H2,2H3/t17-/m1/s1. The fraction of sp³-hybridized carbons (Fsp3) is 0.579. The minimum absolute atomic E-state index is 0.00588. The molecule has 0 aromatic heterocycles. The Hall–Kier alpha value is -1.73. The van der Waals surface area contributed by atoms with Crippen molar-refractivity contribution in [1.82, 2.24) is 10.2 Å². The molecule has 1 aromatic rings. The zero-order valence-electron chi connectivity index (χ0n) is 15.1. The Morgan fingerprint density at radius 1 is 1.27 bits per heavy atom. The lowest BCUT2D eigenvalue weighted by Gasteiger charge is -2.36. The number of hydrogen-bond donors (Lipinski definition) is 1. The van der Waals surface area contributed by atoms with Crippen molar-refractivity contribution in [3.05, 3.63) is 36.4 Å². The monoisotopic (exact) mass is 372 g/mol. The third kappa shape index (κ3) is 6.21. The van der Waals surface area contributed by atoms with Crippen molar-refractivity contribution in [3.63, 3.8) is 0 Å². The van der Waals surface area contributed by atoms with Crippen LogP contribution in [0.2, 0.25) is 0 Å². The number of benzene rings is 1. The molecule has 0 bridgehead atoms. The van der Waals surface area contributed by atoms with Crippen LogP contribution in [-0.2, 0) is 0 Å². The SMILES string of the molecule is C=CCCCC[C@H](c1cc(OC(F)(F)F)ccc1OC)N1CCNCC1. The van der Waals surface area contributed by atoms with Crippen molar-refractivity contribution >= 4 is 0 Å². The number of unbranched alkanes of at least 4 members (excludes halogenated alkanes) is 2. The maximum absolute atomic E-state index is 12.6.